The molecule has 1 aliphatic rings. The quantitative estimate of drug-likeness (QED) is 0.906. The maximum atomic E-state index is 12.3. The molecular formula is C16H20N4O2S2. The molecule has 1 fully saturated rings. The van der Waals surface area contributed by atoms with Crippen molar-refractivity contribution < 1.29 is 9.59 Å². The van der Waals surface area contributed by atoms with E-state index in [0.29, 0.717) is 32.7 Å². The molecular weight excluding hydrogens is 344 g/mol. The van der Waals surface area contributed by atoms with Gasteiger partial charge >= 0.3 is 6.03 Å². The van der Waals surface area contributed by atoms with Crippen LogP contribution < -0.4 is 5.32 Å². The van der Waals surface area contributed by atoms with Gasteiger partial charge in [0.15, 0.2) is 0 Å². The van der Waals surface area contributed by atoms with Gasteiger partial charge in [0.2, 0.25) is 0 Å². The van der Waals surface area contributed by atoms with Crippen molar-refractivity contribution >= 4 is 34.6 Å². The second kappa shape index (κ2) is 7.76. The number of aryl methyl sites for hydroxylation is 1. The van der Waals surface area contributed by atoms with Crippen LogP contribution in [0.25, 0.3) is 0 Å². The fourth-order valence-electron chi connectivity index (χ4n) is 2.54. The summed E-state index contributed by atoms with van der Waals surface area (Å²) in [5, 5.41) is 7.60. The molecule has 3 amide bonds. The molecule has 6 nitrogen and oxygen atoms in total. The van der Waals surface area contributed by atoms with E-state index in [2.05, 4.69) is 17.2 Å². The summed E-state index contributed by atoms with van der Waals surface area (Å²) >= 11 is 3.15. The zero-order valence-corrected chi connectivity index (χ0v) is 15.2. The van der Waals surface area contributed by atoms with Crippen molar-refractivity contribution in [1.29, 1.82) is 0 Å². The van der Waals surface area contributed by atoms with Gasteiger partial charge < -0.3 is 15.1 Å². The predicted octanol–water partition coefficient (Wildman–Crippen LogP) is 2.43. The van der Waals surface area contributed by atoms with Crippen LogP contribution in [0.2, 0.25) is 0 Å². The van der Waals surface area contributed by atoms with E-state index < -0.39 is 0 Å². The Labute approximate surface area is 149 Å². The van der Waals surface area contributed by atoms with E-state index in [0.717, 1.165) is 17.0 Å². The maximum absolute atomic E-state index is 12.3. The smallest absolute Gasteiger partial charge is 0.317 e. The Morgan fingerprint density at radius 1 is 1.25 bits per heavy atom. The number of amides is 3. The second-order valence-corrected chi connectivity index (χ2v) is 7.50. The molecule has 0 aromatic carbocycles. The zero-order valence-electron chi connectivity index (χ0n) is 13.5. The van der Waals surface area contributed by atoms with Crippen LogP contribution in [-0.2, 0) is 13.0 Å². The molecule has 2 aromatic rings. The normalized spacial score (nSPS) is 14.7. The number of nitrogens with zero attached hydrogens (tertiary/aromatic N) is 3. The maximum Gasteiger partial charge on any atom is 0.317 e. The average Bonchev–Trinajstić information content (AvgIpc) is 3.30. The minimum Gasteiger partial charge on any atom is -0.335 e. The lowest BCUT2D eigenvalue weighted by molar-refractivity contribution is 0.0665. The molecule has 2 aromatic heterocycles. The van der Waals surface area contributed by atoms with E-state index in [1.807, 2.05) is 23.0 Å². The van der Waals surface area contributed by atoms with Gasteiger partial charge in [-0.3, -0.25) is 4.79 Å². The lowest BCUT2D eigenvalue weighted by Crippen LogP contribution is -2.53. The summed E-state index contributed by atoms with van der Waals surface area (Å²) in [4.78, 5) is 33.6. The predicted molar refractivity (Wildman–Crippen MR) is 95.5 cm³/mol. The molecule has 0 spiro atoms. The Morgan fingerprint density at radius 2 is 2.00 bits per heavy atom. The summed E-state index contributed by atoms with van der Waals surface area (Å²) < 4.78 is 0. The number of hydrogen-bond acceptors (Lipinski definition) is 5. The number of piperazine rings is 1. The first-order valence-corrected chi connectivity index (χ1v) is 9.71. The number of rotatable bonds is 4. The number of nitrogens with one attached hydrogen (secondary N) is 1. The summed E-state index contributed by atoms with van der Waals surface area (Å²) in [5.41, 5.74) is 0.730. The molecule has 0 atom stereocenters. The highest BCUT2D eigenvalue weighted by molar-refractivity contribution is 7.11. The summed E-state index contributed by atoms with van der Waals surface area (Å²) in [7, 11) is 0. The van der Waals surface area contributed by atoms with Crippen LogP contribution in [0.15, 0.2) is 23.0 Å². The third-order valence-electron chi connectivity index (χ3n) is 3.96. The Kier molecular flexibility index (Phi) is 5.47. The Bertz CT molecular complexity index is 691. The van der Waals surface area contributed by atoms with Crippen molar-refractivity contribution in [2.45, 2.75) is 19.9 Å². The van der Waals surface area contributed by atoms with Crippen LogP contribution >= 0.6 is 22.7 Å². The molecule has 8 heteroatoms. The third kappa shape index (κ3) is 3.93. The number of hydrogen-bond donors (Lipinski definition) is 1. The molecule has 0 unspecified atom stereocenters. The van der Waals surface area contributed by atoms with Gasteiger partial charge in [0, 0.05) is 42.6 Å². The summed E-state index contributed by atoms with van der Waals surface area (Å²) in [6.07, 6.45) is 2.83. The van der Waals surface area contributed by atoms with E-state index in [4.69, 9.17) is 0 Å². The van der Waals surface area contributed by atoms with Crippen LogP contribution in [0.5, 0.6) is 0 Å². The topological polar surface area (TPSA) is 65.5 Å². The highest BCUT2D eigenvalue weighted by Crippen LogP contribution is 2.14. The largest absolute Gasteiger partial charge is 0.335 e. The minimum absolute atomic E-state index is 0.0474. The van der Waals surface area contributed by atoms with Gasteiger partial charge in [-0.1, -0.05) is 6.92 Å². The Morgan fingerprint density at radius 3 is 2.62 bits per heavy atom. The van der Waals surface area contributed by atoms with Gasteiger partial charge in [0.1, 0.15) is 5.01 Å². The standard InChI is InChI=1S/C16H20N4O2S2/c1-2-13-9-17-14(24-13)10-18-16(22)20-6-4-19(5-7-20)15(21)12-3-8-23-11-12/h3,8-9,11H,2,4-7,10H2,1H3,(H,18,22). The van der Waals surface area contributed by atoms with Gasteiger partial charge in [-0.2, -0.15) is 11.3 Å². The number of carbonyl (C=O) groups is 2. The average molecular weight is 364 g/mol. The summed E-state index contributed by atoms with van der Waals surface area (Å²) in [6, 6.07) is 1.75. The van der Waals surface area contributed by atoms with Crippen molar-refractivity contribution in [3.63, 3.8) is 0 Å². The first-order valence-electron chi connectivity index (χ1n) is 7.95. The molecule has 128 valence electrons. The number of thiazole rings is 1. The van der Waals surface area contributed by atoms with E-state index in [-0.39, 0.29) is 11.9 Å². The highest BCUT2D eigenvalue weighted by atomic mass is 32.1. The van der Waals surface area contributed by atoms with Crippen molar-refractivity contribution in [2.24, 2.45) is 0 Å². The number of thiophene rings is 1. The molecule has 1 N–H and O–H groups in total. The number of urea groups is 1. The van der Waals surface area contributed by atoms with E-state index in [9.17, 15) is 9.59 Å². The molecule has 1 aliphatic heterocycles. The van der Waals surface area contributed by atoms with Crippen molar-refractivity contribution in [3.05, 3.63) is 38.5 Å². The van der Waals surface area contributed by atoms with Crippen LogP contribution in [0.3, 0.4) is 0 Å². The molecule has 0 bridgehead atoms. The fraction of sp³-hybridized carbons (Fsp3) is 0.438. The van der Waals surface area contributed by atoms with Crippen LogP contribution in [0.4, 0.5) is 4.79 Å². The molecule has 3 rings (SSSR count). The first-order chi connectivity index (χ1) is 11.7. The Balaban J connectivity index is 1.45. The third-order valence-corrected chi connectivity index (χ3v) is 5.79. The van der Waals surface area contributed by atoms with Crippen molar-refractivity contribution in [1.82, 2.24) is 20.1 Å². The molecule has 1 saturated heterocycles. The van der Waals surface area contributed by atoms with Crippen LogP contribution in [0.1, 0.15) is 27.2 Å². The van der Waals surface area contributed by atoms with Gasteiger partial charge in [0.05, 0.1) is 12.1 Å². The summed E-state index contributed by atoms with van der Waals surface area (Å²) in [6.45, 7) is 4.79. The van der Waals surface area contributed by atoms with Gasteiger partial charge in [-0.05, 0) is 17.9 Å². The van der Waals surface area contributed by atoms with Crippen molar-refractivity contribution in [2.75, 3.05) is 26.2 Å². The van der Waals surface area contributed by atoms with E-state index >= 15 is 0 Å². The monoisotopic (exact) mass is 364 g/mol. The van der Waals surface area contributed by atoms with Gasteiger partial charge in [-0.25, -0.2) is 9.78 Å². The molecule has 0 saturated carbocycles. The van der Waals surface area contributed by atoms with Crippen molar-refractivity contribution in [3.8, 4) is 0 Å². The fourth-order valence-corrected chi connectivity index (χ4v) is 3.97. The molecule has 3 heterocycles. The summed E-state index contributed by atoms with van der Waals surface area (Å²) in [5.74, 6) is 0.0474. The molecule has 0 radical (unpaired) electrons. The van der Waals surface area contributed by atoms with Gasteiger partial charge in [0.25, 0.3) is 5.91 Å². The lowest BCUT2D eigenvalue weighted by atomic mass is 10.2. The number of carbonyl (C=O) groups excluding carboxylic acids is 2. The zero-order chi connectivity index (χ0) is 16.9. The van der Waals surface area contributed by atoms with E-state index in [1.54, 1.807) is 21.1 Å². The molecule has 24 heavy (non-hydrogen) atoms. The highest BCUT2D eigenvalue weighted by Gasteiger charge is 2.24. The first kappa shape index (κ1) is 16.9. The van der Waals surface area contributed by atoms with Crippen LogP contribution in [-0.4, -0.2) is 52.9 Å². The van der Waals surface area contributed by atoms with Gasteiger partial charge in [-0.15, -0.1) is 11.3 Å². The molecule has 0 aliphatic carbocycles. The Hall–Kier alpha value is -1.93. The van der Waals surface area contributed by atoms with Crippen LogP contribution in [0, 0.1) is 0 Å². The number of aromatic nitrogens is 1. The minimum atomic E-state index is -0.0918. The lowest BCUT2D eigenvalue weighted by Gasteiger charge is -2.34. The van der Waals surface area contributed by atoms with E-state index in [1.165, 1.54) is 16.2 Å². The second-order valence-electron chi connectivity index (χ2n) is 5.52. The SMILES string of the molecule is CCc1cnc(CNC(=O)N2CCN(C(=O)c3ccsc3)CC2)s1.